The second-order valence-corrected chi connectivity index (χ2v) is 9.74. The summed E-state index contributed by atoms with van der Waals surface area (Å²) in [5, 5.41) is 2.89. The van der Waals surface area contributed by atoms with E-state index in [1.165, 1.54) is 6.07 Å². The standard InChI is InChI=1S/C23H24N2O3S2/c1-4-29-21-12-8-7-11-20(21)24-23(26)18-14-13-17(3)22(15-18)30(27,28)25-19-10-6-5-9-16(19)2/h5-15,25H,4H2,1-3H3,(H,24,26). The summed E-state index contributed by atoms with van der Waals surface area (Å²) in [5.41, 5.74) is 2.88. The third-order valence-electron chi connectivity index (χ3n) is 4.56. The third-order valence-corrected chi connectivity index (χ3v) is 7.03. The molecule has 156 valence electrons. The molecule has 0 atom stereocenters. The molecule has 0 heterocycles. The van der Waals surface area contributed by atoms with Crippen LogP contribution in [0.4, 0.5) is 11.4 Å². The maximum atomic E-state index is 13.0. The number of thioether (sulfide) groups is 1. The largest absolute Gasteiger partial charge is 0.321 e. The summed E-state index contributed by atoms with van der Waals surface area (Å²) < 4.78 is 28.6. The molecule has 0 aliphatic carbocycles. The Morgan fingerprint density at radius 1 is 0.900 bits per heavy atom. The van der Waals surface area contributed by atoms with Gasteiger partial charge in [0.2, 0.25) is 0 Å². The van der Waals surface area contributed by atoms with Crippen molar-refractivity contribution in [3.05, 3.63) is 83.4 Å². The molecule has 2 N–H and O–H groups in total. The number of hydrogen-bond acceptors (Lipinski definition) is 4. The second-order valence-electron chi connectivity index (χ2n) is 6.78. The van der Waals surface area contributed by atoms with Crippen LogP contribution in [-0.2, 0) is 10.0 Å². The Morgan fingerprint density at radius 3 is 2.27 bits per heavy atom. The molecule has 7 heteroatoms. The molecule has 0 spiro atoms. The number of hydrogen-bond donors (Lipinski definition) is 2. The smallest absolute Gasteiger partial charge is 0.262 e. The van der Waals surface area contributed by atoms with Gasteiger partial charge in [0.15, 0.2) is 0 Å². The molecule has 1 amide bonds. The molecule has 0 saturated heterocycles. The van der Waals surface area contributed by atoms with Crippen molar-refractivity contribution in [2.24, 2.45) is 0 Å². The predicted molar refractivity (Wildman–Crippen MR) is 124 cm³/mol. The van der Waals surface area contributed by atoms with Gasteiger partial charge >= 0.3 is 0 Å². The summed E-state index contributed by atoms with van der Waals surface area (Å²) in [7, 11) is -3.85. The summed E-state index contributed by atoms with van der Waals surface area (Å²) in [6.45, 7) is 5.59. The van der Waals surface area contributed by atoms with Crippen LogP contribution >= 0.6 is 11.8 Å². The number of carbonyl (C=O) groups excluding carboxylic acids is 1. The molecule has 0 radical (unpaired) electrons. The van der Waals surface area contributed by atoms with Crippen molar-refractivity contribution in [3.8, 4) is 0 Å². The lowest BCUT2D eigenvalue weighted by Gasteiger charge is -2.14. The number of benzene rings is 3. The zero-order valence-corrected chi connectivity index (χ0v) is 18.7. The van der Waals surface area contributed by atoms with Gasteiger partial charge in [-0.2, -0.15) is 0 Å². The van der Waals surface area contributed by atoms with Crippen LogP contribution in [0.2, 0.25) is 0 Å². The maximum absolute atomic E-state index is 13.0. The molecule has 5 nitrogen and oxygen atoms in total. The van der Waals surface area contributed by atoms with E-state index in [9.17, 15) is 13.2 Å². The minimum absolute atomic E-state index is 0.0784. The van der Waals surface area contributed by atoms with E-state index in [4.69, 9.17) is 0 Å². The highest BCUT2D eigenvalue weighted by Gasteiger charge is 2.20. The molecule has 0 aromatic heterocycles. The van der Waals surface area contributed by atoms with Crippen LogP contribution in [0.1, 0.15) is 28.4 Å². The number of para-hydroxylation sites is 2. The number of anilines is 2. The van der Waals surface area contributed by atoms with Gasteiger partial charge in [-0.1, -0.05) is 43.3 Å². The van der Waals surface area contributed by atoms with Crippen LogP contribution in [0.5, 0.6) is 0 Å². The van der Waals surface area contributed by atoms with E-state index >= 15 is 0 Å². The lowest BCUT2D eigenvalue weighted by atomic mass is 10.1. The monoisotopic (exact) mass is 440 g/mol. The molecular formula is C23H24N2O3S2. The van der Waals surface area contributed by atoms with Gasteiger partial charge in [-0.15, -0.1) is 11.8 Å². The van der Waals surface area contributed by atoms with Crippen LogP contribution < -0.4 is 10.0 Å². The van der Waals surface area contributed by atoms with E-state index in [1.807, 2.05) is 50.2 Å². The molecule has 0 fully saturated rings. The van der Waals surface area contributed by atoms with E-state index in [1.54, 1.807) is 43.0 Å². The van der Waals surface area contributed by atoms with Crippen LogP contribution in [0.15, 0.2) is 76.5 Å². The average Bonchev–Trinajstić information content (AvgIpc) is 2.71. The molecule has 3 aromatic carbocycles. The van der Waals surface area contributed by atoms with E-state index in [-0.39, 0.29) is 16.4 Å². The van der Waals surface area contributed by atoms with E-state index < -0.39 is 10.0 Å². The Labute approximate surface area is 182 Å². The van der Waals surface area contributed by atoms with Crippen LogP contribution in [-0.4, -0.2) is 20.1 Å². The summed E-state index contributed by atoms with van der Waals surface area (Å²) in [5.74, 6) is 0.524. The molecule has 3 rings (SSSR count). The van der Waals surface area contributed by atoms with Crippen molar-refractivity contribution >= 4 is 39.1 Å². The Morgan fingerprint density at radius 2 is 1.57 bits per heavy atom. The van der Waals surface area contributed by atoms with Crippen molar-refractivity contribution in [1.29, 1.82) is 0 Å². The first-order chi connectivity index (χ1) is 14.3. The molecule has 0 unspecified atom stereocenters. The minimum Gasteiger partial charge on any atom is -0.321 e. The molecular weight excluding hydrogens is 416 g/mol. The van der Waals surface area contributed by atoms with Crippen molar-refractivity contribution < 1.29 is 13.2 Å². The second kappa shape index (κ2) is 9.36. The maximum Gasteiger partial charge on any atom is 0.262 e. The van der Waals surface area contributed by atoms with Gasteiger partial charge in [-0.05, 0) is 61.1 Å². The molecule has 0 bridgehead atoms. The number of sulfonamides is 1. The van der Waals surface area contributed by atoms with Crippen molar-refractivity contribution in [3.63, 3.8) is 0 Å². The van der Waals surface area contributed by atoms with Gasteiger partial charge in [0.25, 0.3) is 15.9 Å². The first-order valence-corrected chi connectivity index (χ1v) is 12.0. The number of nitrogens with one attached hydrogen (secondary N) is 2. The fourth-order valence-electron chi connectivity index (χ4n) is 2.96. The fourth-order valence-corrected chi connectivity index (χ4v) is 5.13. The first-order valence-electron chi connectivity index (χ1n) is 9.54. The van der Waals surface area contributed by atoms with Crippen molar-refractivity contribution in [2.45, 2.75) is 30.6 Å². The summed E-state index contributed by atoms with van der Waals surface area (Å²) in [6, 6.07) is 19.4. The molecule has 30 heavy (non-hydrogen) atoms. The van der Waals surface area contributed by atoms with E-state index in [2.05, 4.69) is 10.0 Å². The SMILES string of the molecule is CCSc1ccccc1NC(=O)c1ccc(C)c(S(=O)(=O)Nc2ccccc2C)c1. The Kier molecular flexibility index (Phi) is 6.84. The van der Waals surface area contributed by atoms with Crippen LogP contribution in [0.3, 0.4) is 0 Å². The van der Waals surface area contributed by atoms with Crippen molar-refractivity contribution in [2.75, 3.05) is 15.8 Å². The molecule has 0 aliphatic heterocycles. The predicted octanol–water partition coefficient (Wildman–Crippen LogP) is 5.47. The van der Waals surface area contributed by atoms with Gasteiger partial charge in [0.05, 0.1) is 16.3 Å². The zero-order chi connectivity index (χ0) is 21.7. The third kappa shape index (κ3) is 5.04. The molecule has 3 aromatic rings. The van der Waals surface area contributed by atoms with Crippen LogP contribution in [0.25, 0.3) is 0 Å². The quantitative estimate of drug-likeness (QED) is 0.478. The first kappa shape index (κ1) is 21.9. The minimum atomic E-state index is -3.85. The fraction of sp³-hybridized carbons (Fsp3) is 0.174. The highest BCUT2D eigenvalue weighted by molar-refractivity contribution is 7.99. The van der Waals surface area contributed by atoms with Crippen molar-refractivity contribution in [1.82, 2.24) is 0 Å². The molecule has 0 aliphatic rings. The average molecular weight is 441 g/mol. The topological polar surface area (TPSA) is 75.3 Å². The van der Waals surface area contributed by atoms with Gasteiger partial charge < -0.3 is 5.32 Å². The molecule has 0 saturated carbocycles. The summed E-state index contributed by atoms with van der Waals surface area (Å²) in [6.07, 6.45) is 0. The van der Waals surface area contributed by atoms with Gasteiger partial charge in [0, 0.05) is 10.5 Å². The van der Waals surface area contributed by atoms with E-state index in [0.29, 0.717) is 16.9 Å². The highest BCUT2D eigenvalue weighted by Crippen LogP contribution is 2.28. The number of aryl methyl sites for hydroxylation is 2. The lowest BCUT2D eigenvalue weighted by molar-refractivity contribution is 0.102. The van der Waals surface area contributed by atoms with Gasteiger partial charge in [0.1, 0.15) is 0 Å². The van der Waals surface area contributed by atoms with Gasteiger partial charge in [-0.25, -0.2) is 8.42 Å². The summed E-state index contributed by atoms with van der Waals surface area (Å²) in [4.78, 5) is 13.9. The van der Waals surface area contributed by atoms with Crippen LogP contribution in [0, 0.1) is 13.8 Å². The number of rotatable bonds is 7. The Hall–Kier alpha value is -2.77. The lowest BCUT2D eigenvalue weighted by Crippen LogP contribution is -2.17. The number of amides is 1. The number of carbonyl (C=O) groups is 1. The normalized spacial score (nSPS) is 11.2. The Bertz CT molecular complexity index is 1170. The zero-order valence-electron chi connectivity index (χ0n) is 17.1. The summed E-state index contributed by atoms with van der Waals surface area (Å²) >= 11 is 1.63. The van der Waals surface area contributed by atoms with Gasteiger partial charge in [-0.3, -0.25) is 9.52 Å². The highest BCUT2D eigenvalue weighted by atomic mass is 32.2. The van der Waals surface area contributed by atoms with E-state index in [0.717, 1.165) is 16.2 Å². The Balaban J connectivity index is 1.90.